The van der Waals surface area contributed by atoms with Gasteiger partial charge < -0.3 is 20.9 Å². The van der Waals surface area contributed by atoms with Gasteiger partial charge in [0.15, 0.2) is 0 Å². The summed E-state index contributed by atoms with van der Waals surface area (Å²) in [6, 6.07) is 5.08. The molecule has 0 bridgehead atoms. The first kappa shape index (κ1) is 15.3. The van der Waals surface area contributed by atoms with Crippen LogP contribution in [0.2, 0.25) is 0 Å². The molecule has 5 nitrogen and oxygen atoms in total. The first-order valence-electron chi connectivity index (χ1n) is 6.31. The van der Waals surface area contributed by atoms with Gasteiger partial charge in [-0.2, -0.15) is 0 Å². The molecule has 5 heteroatoms. The number of aliphatic hydroxyl groups excluding tert-OH is 1. The molecule has 0 aromatic heterocycles. The number of nitrogens with two attached hydrogens (primary N) is 1. The average molecular weight is 266 g/mol. The van der Waals surface area contributed by atoms with Crippen LogP contribution in [0.3, 0.4) is 0 Å². The van der Waals surface area contributed by atoms with Crippen LogP contribution in [0.1, 0.15) is 38.1 Å². The standard InChI is InChI=1S/C14H22N2O3/c1-5-19-11-8-6-7-10(15)12(11)13(18)16-14(3,4)9(2)17/h6-9,17H,5,15H2,1-4H3,(H,16,18). The first-order chi connectivity index (χ1) is 8.79. The third-order valence-electron chi connectivity index (χ3n) is 3.07. The van der Waals surface area contributed by atoms with E-state index >= 15 is 0 Å². The summed E-state index contributed by atoms with van der Waals surface area (Å²) in [5.41, 5.74) is 5.75. The molecule has 0 spiro atoms. The van der Waals surface area contributed by atoms with Crippen molar-refractivity contribution >= 4 is 11.6 Å². The van der Waals surface area contributed by atoms with Gasteiger partial charge in [0.25, 0.3) is 5.91 Å². The number of nitrogen functional groups attached to an aromatic ring is 1. The van der Waals surface area contributed by atoms with E-state index in [9.17, 15) is 9.90 Å². The molecule has 19 heavy (non-hydrogen) atoms. The minimum Gasteiger partial charge on any atom is -0.493 e. The lowest BCUT2D eigenvalue weighted by molar-refractivity contribution is 0.0707. The van der Waals surface area contributed by atoms with Crippen molar-refractivity contribution in [2.24, 2.45) is 0 Å². The fraction of sp³-hybridized carbons (Fsp3) is 0.500. The average Bonchev–Trinajstić information content (AvgIpc) is 2.28. The molecule has 1 rings (SSSR count). The Bertz CT molecular complexity index is 456. The van der Waals surface area contributed by atoms with E-state index in [4.69, 9.17) is 10.5 Å². The second-order valence-electron chi connectivity index (χ2n) is 5.01. The van der Waals surface area contributed by atoms with E-state index in [1.165, 1.54) is 0 Å². The summed E-state index contributed by atoms with van der Waals surface area (Å²) in [6.45, 7) is 7.40. The summed E-state index contributed by atoms with van der Waals surface area (Å²) in [6.07, 6.45) is -0.683. The molecule has 1 atom stereocenters. The Hall–Kier alpha value is -1.75. The predicted molar refractivity (Wildman–Crippen MR) is 75.2 cm³/mol. The highest BCUT2D eigenvalue weighted by Gasteiger charge is 2.28. The molecular weight excluding hydrogens is 244 g/mol. The molecule has 0 aliphatic carbocycles. The summed E-state index contributed by atoms with van der Waals surface area (Å²) >= 11 is 0. The van der Waals surface area contributed by atoms with Crippen molar-refractivity contribution in [3.8, 4) is 5.75 Å². The molecule has 1 unspecified atom stereocenters. The maximum Gasteiger partial charge on any atom is 0.257 e. The van der Waals surface area contributed by atoms with Crippen LogP contribution in [0.5, 0.6) is 5.75 Å². The van der Waals surface area contributed by atoms with E-state index in [1.807, 2.05) is 6.92 Å². The number of anilines is 1. The molecule has 0 radical (unpaired) electrons. The van der Waals surface area contributed by atoms with E-state index in [1.54, 1.807) is 39.0 Å². The molecule has 0 saturated heterocycles. The number of nitrogens with one attached hydrogen (secondary N) is 1. The predicted octanol–water partition coefficient (Wildman–Crippen LogP) is 1.56. The minimum absolute atomic E-state index is 0.304. The van der Waals surface area contributed by atoms with Crippen LogP contribution < -0.4 is 15.8 Å². The van der Waals surface area contributed by atoms with Gasteiger partial charge in [-0.25, -0.2) is 0 Å². The summed E-state index contributed by atoms with van der Waals surface area (Å²) in [5.74, 6) is 0.0915. The van der Waals surface area contributed by atoms with Crippen LogP contribution in [0.4, 0.5) is 5.69 Å². The summed E-state index contributed by atoms with van der Waals surface area (Å²) in [7, 11) is 0. The number of hydrogen-bond acceptors (Lipinski definition) is 4. The van der Waals surface area contributed by atoms with Gasteiger partial charge >= 0.3 is 0 Å². The number of aliphatic hydroxyl groups is 1. The molecule has 4 N–H and O–H groups in total. The Kier molecular flexibility index (Phi) is 4.78. The Morgan fingerprint density at radius 2 is 2.16 bits per heavy atom. The quantitative estimate of drug-likeness (QED) is 0.706. The fourth-order valence-electron chi connectivity index (χ4n) is 1.53. The summed E-state index contributed by atoms with van der Waals surface area (Å²) in [5, 5.41) is 12.4. The molecule has 0 saturated carbocycles. The second-order valence-corrected chi connectivity index (χ2v) is 5.01. The Balaban J connectivity index is 3.06. The van der Waals surface area contributed by atoms with Crippen LogP contribution in [0.15, 0.2) is 18.2 Å². The molecular formula is C14H22N2O3. The van der Waals surface area contributed by atoms with Crippen LogP contribution in [0.25, 0.3) is 0 Å². The molecule has 1 aromatic rings. The van der Waals surface area contributed by atoms with Crippen LogP contribution >= 0.6 is 0 Å². The van der Waals surface area contributed by atoms with E-state index in [2.05, 4.69) is 5.32 Å². The van der Waals surface area contributed by atoms with Crippen LogP contribution in [-0.4, -0.2) is 29.3 Å². The topological polar surface area (TPSA) is 84.6 Å². The summed E-state index contributed by atoms with van der Waals surface area (Å²) in [4.78, 5) is 12.3. The van der Waals surface area contributed by atoms with Crippen molar-refractivity contribution in [1.82, 2.24) is 5.32 Å². The number of carbonyl (C=O) groups is 1. The lowest BCUT2D eigenvalue weighted by Crippen LogP contribution is -2.51. The van der Waals surface area contributed by atoms with E-state index in [0.29, 0.717) is 23.6 Å². The lowest BCUT2D eigenvalue weighted by atomic mass is 9.98. The molecule has 0 heterocycles. The van der Waals surface area contributed by atoms with Crippen LogP contribution in [-0.2, 0) is 0 Å². The van der Waals surface area contributed by atoms with Crippen molar-refractivity contribution < 1.29 is 14.6 Å². The van der Waals surface area contributed by atoms with E-state index < -0.39 is 11.6 Å². The summed E-state index contributed by atoms with van der Waals surface area (Å²) < 4.78 is 5.41. The highest BCUT2D eigenvalue weighted by Crippen LogP contribution is 2.25. The highest BCUT2D eigenvalue weighted by molar-refractivity contribution is 6.02. The number of hydrogen-bond donors (Lipinski definition) is 3. The zero-order valence-corrected chi connectivity index (χ0v) is 11.9. The molecule has 0 aliphatic rings. The van der Waals surface area contributed by atoms with Gasteiger partial charge in [-0.3, -0.25) is 4.79 Å². The van der Waals surface area contributed by atoms with E-state index in [0.717, 1.165) is 0 Å². The number of benzene rings is 1. The normalized spacial score (nSPS) is 12.9. The van der Waals surface area contributed by atoms with E-state index in [-0.39, 0.29) is 5.91 Å². The Labute approximate surface area is 113 Å². The Morgan fingerprint density at radius 1 is 1.53 bits per heavy atom. The third kappa shape index (κ3) is 3.61. The second kappa shape index (κ2) is 5.93. The van der Waals surface area contributed by atoms with Gasteiger partial charge in [0, 0.05) is 5.69 Å². The van der Waals surface area contributed by atoms with Crippen molar-refractivity contribution in [2.75, 3.05) is 12.3 Å². The van der Waals surface area contributed by atoms with Gasteiger partial charge in [-0.1, -0.05) is 6.07 Å². The number of carbonyl (C=O) groups excluding carboxylic acids is 1. The third-order valence-corrected chi connectivity index (χ3v) is 3.07. The molecule has 0 fully saturated rings. The molecule has 0 aliphatic heterocycles. The van der Waals surface area contributed by atoms with Crippen LogP contribution in [0, 0.1) is 0 Å². The first-order valence-corrected chi connectivity index (χ1v) is 6.31. The largest absolute Gasteiger partial charge is 0.493 e. The maximum atomic E-state index is 12.3. The zero-order valence-electron chi connectivity index (χ0n) is 11.9. The smallest absolute Gasteiger partial charge is 0.257 e. The minimum atomic E-state index is -0.747. The van der Waals surface area contributed by atoms with Gasteiger partial charge in [0.1, 0.15) is 11.3 Å². The zero-order chi connectivity index (χ0) is 14.6. The SMILES string of the molecule is CCOc1cccc(N)c1C(=O)NC(C)(C)C(C)O. The van der Waals surface area contributed by atoms with Crippen molar-refractivity contribution in [1.29, 1.82) is 0 Å². The number of amides is 1. The highest BCUT2D eigenvalue weighted by atomic mass is 16.5. The Morgan fingerprint density at radius 3 is 2.68 bits per heavy atom. The number of ether oxygens (including phenoxy) is 1. The molecule has 106 valence electrons. The van der Waals surface area contributed by atoms with Gasteiger partial charge in [-0.05, 0) is 39.8 Å². The maximum absolute atomic E-state index is 12.3. The molecule has 1 aromatic carbocycles. The van der Waals surface area contributed by atoms with Gasteiger partial charge in [0.05, 0.1) is 18.2 Å². The number of rotatable bonds is 5. The lowest BCUT2D eigenvalue weighted by Gasteiger charge is -2.29. The van der Waals surface area contributed by atoms with Gasteiger partial charge in [0.2, 0.25) is 0 Å². The van der Waals surface area contributed by atoms with Crippen molar-refractivity contribution in [3.05, 3.63) is 23.8 Å². The van der Waals surface area contributed by atoms with Gasteiger partial charge in [-0.15, -0.1) is 0 Å². The van der Waals surface area contributed by atoms with Crippen molar-refractivity contribution in [3.63, 3.8) is 0 Å². The monoisotopic (exact) mass is 266 g/mol. The fourth-order valence-corrected chi connectivity index (χ4v) is 1.53. The van der Waals surface area contributed by atoms with Crippen molar-refractivity contribution in [2.45, 2.75) is 39.3 Å². The molecule has 1 amide bonds.